The van der Waals surface area contributed by atoms with Crippen LogP contribution in [0.2, 0.25) is 0 Å². The van der Waals surface area contributed by atoms with E-state index in [0.29, 0.717) is 53.1 Å². The number of unbranched alkanes of at least 4 members (excludes halogenated alkanes) is 1. The van der Waals surface area contributed by atoms with Crippen molar-refractivity contribution in [2.24, 2.45) is 23.1 Å². The third-order valence-electron chi connectivity index (χ3n) is 16.6. The molecule has 534 valence electrons. The molecule has 3 aliphatic heterocycles. The number of nitrogens with two attached hydrogens (primary N) is 3. The van der Waals surface area contributed by atoms with Gasteiger partial charge in [-0.3, -0.25) is 58.0 Å². The second kappa shape index (κ2) is 39.1. The summed E-state index contributed by atoms with van der Waals surface area (Å²) in [4.78, 5) is 154. The molecule has 33 nitrogen and oxygen atoms in total. The van der Waals surface area contributed by atoms with Crippen LogP contribution in [0.3, 0.4) is 0 Å². The minimum Gasteiger partial charge on any atom is -0.377 e. The van der Waals surface area contributed by atoms with Gasteiger partial charge < -0.3 is 94.9 Å². The number of thioether (sulfide) groups is 1. The Labute approximate surface area is 571 Å². The molecule has 2 fully saturated rings. The number of nitrogens with one attached hydrogen (secondary N) is 13. The summed E-state index contributed by atoms with van der Waals surface area (Å²) in [5, 5.41) is 47.4. The number of amides is 12. The Bertz CT molecular complexity index is 3370. The number of nitrogens with zero attached hydrogens (tertiary/aromatic N) is 3. The summed E-state index contributed by atoms with van der Waals surface area (Å²) >= 11 is 1.84. The van der Waals surface area contributed by atoms with E-state index < -0.39 is 114 Å². The molecule has 98 heavy (non-hydrogen) atoms. The summed E-state index contributed by atoms with van der Waals surface area (Å²) in [6.45, 7) is 4.08. The molecule has 7 rings (SSSR count). The van der Waals surface area contributed by atoms with Crippen LogP contribution in [0.5, 0.6) is 0 Å². The summed E-state index contributed by atoms with van der Waals surface area (Å²) < 4.78 is 18.3. The Hall–Kier alpha value is -9.41. The smallest absolute Gasteiger partial charge is 0.315 e. The second-order valence-electron chi connectivity index (χ2n) is 24.6. The molecule has 10 atom stereocenters. The SMILES string of the molecule is CC(C)[C@H]1NC(=O)[C@@H](CC(N)=O)NC(=O)[C@@H](Cc2ccccc2)NC(=O)[C@@H](Cc2c[nH]c3ccccc23)NC(=O)[C@@H](CCCNC(=N)N)NC(=O)[C@@H](NC(=O)COCCOCCOCCNC(=O)CCCC[C@H]2SC[C@H]3NC(=O)N[C@H]32)Cc2cn(nn2)CCCC[C@@H](C(N)=O)NC1=O. The molecule has 5 heterocycles. The summed E-state index contributed by atoms with van der Waals surface area (Å²) in [5.74, 6) is -8.09. The fourth-order valence-corrected chi connectivity index (χ4v) is 13.0. The van der Waals surface area contributed by atoms with E-state index in [1.54, 1.807) is 74.8 Å². The van der Waals surface area contributed by atoms with Gasteiger partial charge in [-0.1, -0.05) is 74.0 Å². The molecule has 2 bridgehead atoms. The monoisotopic (exact) mass is 1380 g/mol. The first-order valence-corrected chi connectivity index (χ1v) is 34.1. The van der Waals surface area contributed by atoms with Crippen LogP contribution in [0.15, 0.2) is 67.0 Å². The maximum atomic E-state index is 15.1. The Balaban J connectivity index is 1.05. The van der Waals surface area contributed by atoms with E-state index in [2.05, 4.69) is 73.8 Å². The van der Waals surface area contributed by atoms with Crippen molar-refractivity contribution >= 4 is 93.7 Å². The van der Waals surface area contributed by atoms with E-state index in [1.165, 1.54) is 4.68 Å². The van der Waals surface area contributed by atoms with E-state index in [1.807, 2.05) is 17.8 Å². The lowest BCUT2D eigenvalue weighted by atomic mass is 10.00. The Morgan fingerprint density at radius 2 is 1.36 bits per heavy atom. The van der Waals surface area contributed by atoms with Gasteiger partial charge in [-0.15, -0.1) is 5.10 Å². The number of fused-ring (bicyclic) bond motifs is 4. The summed E-state index contributed by atoms with van der Waals surface area (Å²) in [6.07, 6.45) is 5.52. The molecule has 3 aliphatic rings. The number of hydrogen-bond acceptors (Lipinski definition) is 18. The predicted molar refractivity (Wildman–Crippen MR) is 360 cm³/mol. The number of carbonyl (C=O) groups excluding carboxylic acids is 11. The van der Waals surface area contributed by atoms with Gasteiger partial charge in [0.15, 0.2) is 5.96 Å². The van der Waals surface area contributed by atoms with Crippen molar-refractivity contribution in [2.45, 2.75) is 163 Å². The van der Waals surface area contributed by atoms with Crippen LogP contribution in [-0.2, 0) is 88.0 Å². The van der Waals surface area contributed by atoms with Crippen LogP contribution in [0.25, 0.3) is 10.9 Å². The van der Waals surface area contributed by atoms with Crippen molar-refractivity contribution in [3.8, 4) is 0 Å². The molecule has 19 N–H and O–H groups in total. The Morgan fingerprint density at radius 1 is 0.684 bits per heavy atom. The molecule has 2 aromatic carbocycles. The fourth-order valence-electron chi connectivity index (χ4n) is 11.5. The lowest BCUT2D eigenvalue weighted by Crippen LogP contribution is -2.61. The number of aryl methyl sites for hydroxylation is 1. The first kappa shape index (κ1) is 76.0. The molecule has 0 saturated carbocycles. The normalized spacial score (nSPS) is 23.1. The molecular weight excluding hydrogens is 1290 g/mol. The highest BCUT2D eigenvalue weighted by Gasteiger charge is 2.43. The van der Waals surface area contributed by atoms with Crippen LogP contribution >= 0.6 is 11.8 Å². The molecule has 12 amide bonds. The van der Waals surface area contributed by atoms with Gasteiger partial charge in [0.25, 0.3) is 0 Å². The standard InChI is InChI=1S/C64H93N19O14S/c1-37(2)54-62(93)73-43(56(66)87)17-10-11-23-83-34-40(81-82-83)31-47(72-53(86)35-97-28-27-96-26-25-95-24-22-69-52(85)20-9-8-19-50-55-49(36-98-50)78-64(94)80-55)60(91)74-44(18-12-21-70-63(67)68)57(88)76-46(30-39-33-71-42-16-7-6-15-41(39)42)59(90)75-45(29-38-13-4-3-5-14-38)58(89)77-48(32-51(65)84)61(92)79-54/h3-7,13-16,33-34,37,43-50,54-55,71H,8-12,17-32,35-36H2,1-2H3,(H2,65,84)(H2,66,87)(H,69,85)(H,72,86)(H,73,93)(H,74,91)(H,75,90)(H,76,88)(H,77,89)(H,79,92)(H4,67,68,70)(H2,78,80,94)/t43-,44+,45+,46+,47-,48+,49+,50+,54+,55+/m0/s1. The molecule has 0 aliphatic carbocycles. The van der Waals surface area contributed by atoms with Crippen molar-refractivity contribution in [3.05, 3.63) is 83.8 Å². The third kappa shape index (κ3) is 24.9. The fraction of sp³-hybridized carbons (Fsp3) is 0.562. The second-order valence-corrected chi connectivity index (χ2v) is 25.9. The minimum absolute atomic E-state index is 0.0277. The van der Waals surface area contributed by atoms with Crippen LogP contribution in [0.1, 0.15) is 94.9 Å². The number of carbonyl (C=O) groups is 11. The zero-order valence-electron chi connectivity index (χ0n) is 55.2. The van der Waals surface area contributed by atoms with E-state index in [-0.39, 0.29) is 120 Å². The minimum atomic E-state index is -1.70. The number of para-hydroxylation sites is 1. The Kier molecular flexibility index (Phi) is 30.3. The van der Waals surface area contributed by atoms with Gasteiger partial charge >= 0.3 is 6.03 Å². The average molecular weight is 1380 g/mol. The van der Waals surface area contributed by atoms with Crippen LogP contribution in [0.4, 0.5) is 4.79 Å². The van der Waals surface area contributed by atoms with Crippen molar-refractivity contribution in [1.82, 2.24) is 78.5 Å². The number of guanidine groups is 1. The van der Waals surface area contributed by atoms with Gasteiger partial charge in [0.1, 0.15) is 48.9 Å². The highest BCUT2D eigenvalue weighted by atomic mass is 32.2. The van der Waals surface area contributed by atoms with E-state index >= 15 is 4.79 Å². The topological polar surface area (TPSA) is 496 Å². The number of rotatable bonds is 29. The lowest BCUT2D eigenvalue weighted by Gasteiger charge is -2.28. The summed E-state index contributed by atoms with van der Waals surface area (Å²) in [6, 6.07) is 5.81. The average Bonchev–Trinajstić information content (AvgIpc) is 1.64. The third-order valence-corrected chi connectivity index (χ3v) is 18.1. The number of aromatic nitrogens is 4. The number of urea groups is 1. The zero-order valence-corrected chi connectivity index (χ0v) is 56.0. The highest BCUT2D eigenvalue weighted by Crippen LogP contribution is 2.33. The highest BCUT2D eigenvalue weighted by molar-refractivity contribution is 8.00. The quantitative estimate of drug-likeness (QED) is 0.0116. The van der Waals surface area contributed by atoms with Gasteiger partial charge in [-0.05, 0) is 68.1 Å². The molecule has 34 heteroatoms. The number of ether oxygens (including phenoxy) is 3. The zero-order chi connectivity index (χ0) is 70.5. The van der Waals surface area contributed by atoms with Crippen LogP contribution < -0.4 is 75.7 Å². The maximum absolute atomic E-state index is 15.1. The summed E-state index contributed by atoms with van der Waals surface area (Å²) in [5.41, 5.74) is 19.1. The number of hydrogen-bond donors (Lipinski definition) is 16. The van der Waals surface area contributed by atoms with Crippen molar-refractivity contribution < 1.29 is 67.0 Å². The van der Waals surface area contributed by atoms with E-state index in [0.717, 1.165) is 25.0 Å². The van der Waals surface area contributed by atoms with Gasteiger partial charge in [-0.2, -0.15) is 11.8 Å². The van der Waals surface area contributed by atoms with Crippen LogP contribution in [-0.4, -0.2) is 209 Å². The first-order chi connectivity index (χ1) is 47.1. The number of benzene rings is 2. The van der Waals surface area contributed by atoms with Gasteiger partial charge in [0.2, 0.25) is 59.1 Å². The molecule has 0 unspecified atom stereocenters. The largest absolute Gasteiger partial charge is 0.377 e. The Morgan fingerprint density at radius 3 is 2.08 bits per heavy atom. The van der Waals surface area contributed by atoms with E-state index in [9.17, 15) is 47.9 Å². The molecule has 0 spiro atoms. The van der Waals surface area contributed by atoms with Gasteiger partial charge in [0.05, 0.1) is 57.2 Å². The number of aromatic amines is 1. The van der Waals surface area contributed by atoms with Gasteiger partial charge in [-0.25, -0.2) is 4.79 Å². The molecule has 2 saturated heterocycles. The summed E-state index contributed by atoms with van der Waals surface area (Å²) in [7, 11) is 0. The first-order valence-electron chi connectivity index (χ1n) is 33.0. The van der Waals surface area contributed by atoms with Crippen molar-refractivity contribution in [2.75, 3.05) is 58.5 Å². The maximum Gasteiger partial charge on any atom is 0.315 e. The molecule has 4 aromatic rings. The van der Waals surface area contributed by atoms with Gasteiger partial charge in [0, 0.05) is 79.6 Å². The number of H-pyrrole nitrogens is 1. The predicted octanol–water partition coefficient (Wildman–Crippen LogP) is -2.46. The lowest BCUT2D eigenvalue weighted by molar-refractivity contribution is -0.136. The van der Waals surface area contributed by atoms with Crippen molar-refractivity contribution in [1.29, 1.82) is 5.41 Å². The van der Waals surface area contributed by atoms with E-state index in [4.69, 9.17) is 36.8 Å². The molecular formula is C64H93N19O14S. The molecule has 2 aromatic heterocycles. The molecule has 0 radical (unpaired) electrons. The van der Waals surface area contributed by atoms with Crippen LogP contribution in [0, 0.1) is 11.3 Å². The van der Waals surface area contributed by atoms with Crippen molar-refractivity contribution in [3.63, 3.8) is 0 Å². The number of primary amides is 2.